The summed E-state index contributed by atoms with van der Waals surface area (Å²) in [5.74, 6) is 1.48. The fourth-order valence-corrected chi connectivity index (χ4v) is 3.78. The second kappa shape index (κ2) is 8.52. The van der Waals surface area contributed by atoms with Gasteiger partial charge in [-0.15, -0.1) is 0 Å². The van der Waals surface area contributed by atoms with E-state index in [1.165, 1.54) is 12.6 Å². The summed E-state index contributed by atoms with van der Waals surface area (Å²) in [6.07, 6.45) is 1.52. The molecule has 0 bridgehead atoms. The minimum Gasteiger partial charge on any atom is -0.356 e. The van der Waals surface area contributed by atoms with Gasteiger partial charge in [0.25, 0.3) is 0 Å². The highest BCUT2D eigenvalue weighted by molar-refractivity contribution is 5.47. The molecule has 2 fully saturated rings. The van der Waals surface area contributed by atoms with Crippen molar-refractivity contribution >= 4 is 11.8 Å². The molecule has 2 saturated heterocycles. The van der Waals surface area contributed by atoms with E-state index in [1.54, 1.807) is 0 Å². The van der Waals surface area contributed by atoms with Gasteiger partial charge in [0.2, 0.25) is 5.95 Å². The van der Waals surface area contributed by atoms with Crippen LogP contribution in [0.15, 0.2) is 24.4 Å². The molecule has 0 aromatic carbocycles. The molecule has 0 saturated carbocycles. The van der Waals surface area contributed by atoms with E-state index in [9.17, 15) is 13.2 Å². The Labute approximate surface area is 168 Å². The van der Waals surface area contributed by atoms with Gasteiger partial charge in [0, 0.05) is 44.0 Å². The predicted octanol–water partition coefficient (Wildman–Crippen LogP) is 3.23. The van der Waals surface area contributed by atoms with Crippen LogP contribution in [0.25, 0.3) is 0 Å². The Morgan fingerprint density at radius 3 is 2.45 bits per heavy atom. The van der Waals surface area contributed by atoms with Crippen LogP contribution in [0.4, 0.5) is 24.9 Å². The maximum absolute atomic E-state index is 13.0. The lowest BCUT2D eigenvalue weighted by atomic mass is 10.1. The van der Waals surface area contributed by atoms with Crippen molar-refractivity contribution in [3.05, 3.63) is 41.3 Å². The molecular weight excluding hydrogens is 381 g/mol. The van der Waals surface area contributed by atoms with E-state index in [0.717, 1.165) is 63.4 Å². The molecule has 0 aliphatic carbocycles. The van der Waals surface area contributed by atoms with Gasteiger partial charge in [0.15, 0.2) is 0 Å². The number of alkyl halides is 3. The van der Waals surface area contributed by atoms with Crippen molar-refractivity contribution in [1.82, 2.24) is 20.3 Å². The van der Waals surface area contributed by atoms with E-state index < -0.39 is 11.7 Å². The van der Waals surface area contributed by atoms with Crippen molar-refractivity contribution in [2.24, 2.45) is 0 Å². The number of nitrogens with zero attached hydrogens (tertiary/aromatic N) is 5. The van der Waals surface area contributed by atoms with Crippen LogP contribution < -0.4 is 15.1 Å². The molecular formula is C20H25F3N6. The fraction of sp³-hybridized carbons (Fsp3) is 0.550. The normalized spacial score (nSPS) is 18.2. The summed E-state index contributed by atoms with van der Waals surface area (Å²) in [5, 5.41) is 3.32. The highest BCUT2D eigenvalue weighted by atomic mass is 19.4. The maximum atomic E-state index is 13.0. The van der Waals surface area contributed by atoms with Gasteiger partial charge < -0.3 is 9.80 Å². The largest absolute Gasteiger partial charge is 0.416 e. The Morgan fingerprint density at radius 2 is 1.72 bits per heavy atom. The molecule has 9 heteroatoms. The van der Waals surface area contributed by atoms with E-state index in [0.29, 0.717) is 24.0 Å². The summed E-state index contributed by atoms with van der Waals surface area (Å²) in [6, 6.07) is 3.99. The predicted molar refractivity (Wildman–Crippen MR) is 105 cm³/mol. The molecule has 2 aromatic heterocycles. The topological polar surface area (TPSA) is 57.2 Å². The Kier molecular flexibility index (Phi) is 5.84. The SMILES string of the molecule is FC(F)(F)c1ccnc(Cc2cc(N3CCCCC3)nc(N3CCCNC3)n2)c1. The molecule has 2 aliphatic rings. The molecule has 2 aromatic rings. The number of hydrogen-bond acceptors (Lipinski definition) is 6. The van der Waals surface area contributed by atoms with E-state index in [1.807, 2.05) is 6.07 Å². The van der Waals surface area contributed by atoms with Crippen molar-refractivity contribution in [3.8, 4) is 0 Å². The van der Waals surface area contributed by atoms with E-state index in [-0.39, 0.29) is 6.42 Å². The molecule has 2 aliphatic heterocycles. The third kappa shape index (κ3) is 4.95. The summed E-state index contributed by atoms with van der Waals surface area (Å²) in [6.45, 7) is 4.37. The smallest absolute Gasteiger partial charge is 0.356 e. The first kappa shape index (κ1) is 19.9. The zero-order chi connectivity index (χ0) is 20.3. The van der Waals surface area contributed by atoms with Crippen molar-refractivity contribution in [2.75, 3.05) is 42.6 Å². The highest BCUT2D eigenvalue weighted by Crippen LogP contribution is 2.29. The van der Waals surface area contributed by atoms with Crippen LogP contribution >= 0.6 is 0 Å². The van der Waals surface area contributed by atoms with Crippen molar-refractivity contribution < 1.29 is 13.2 Å². The Hall–Kier alpha value is -2.42. The molecule has 0 unspecified atom stereocenters. The highest BCUT2D eigenvalue weighted by Gasteiger charge is 2.30. The molecule has 0 spiro atoms. The van der Waals surface area contributed by atoms with Gasteiger partial charge in [-0.3, -0.25) is 10.3 Å². The number of aromatic nitrogens is 3. The van der Waals surface area contributed by atoms with Crippen molar-refractivity contribution in [3.63, 3.8) is 0 Å². The molecule has 0 amide bonds. The molecule has 29 heavy (non-hydrogen) atoms. The second-order valence-electron chi connectivity index (χ2n) is 7.55. The molecule has 6 nitrogen and oxygen atoms in total. The standard InChI is InChI=1S/C20H25F3N6/c21-20(22,23)15-5-7-25-16(11-15)12-17-13-18(28-8-2-1-3-9-28)27-19(26-17)29-10-4-6-24-14-29/h5,7,11,13,24H,1-4,6,8-10,12,14H2. The van der Waals surface area contributed by atoms with Crippen LogP contribution in [-0.2, 0) is 12.6 Å². The number of pyridine rings is 1. The number of nitrogens with one attached hydrogen (secondary N) is 1. The molecule has 4 heterocycles. The third-order valence-corrected chi connectivity index (χ3v) is 5.31. The first-order valence-corrected chi connectivity index (χ1v) is 10.1. The molecule has 1 N–H and O–H groups in total. The van der Waals surface area contributed by atoms with Crippen LogP contribution in [0.3, 0.4) is 0 Å². The van der Waals surface area contributed by atoms with Gasteiger partial charge in [-0.25, -0.2) is 4.98 Å². The van der Waals surface area contributed by atoms with Crippen molar-refractivity contribution in [2.45, 2.75) is 38.3 Å². The minimum absolute atomic E-state index is 0.238. The summed E-state index contributed by atoms with van der Waals surface area (Å²) < 4.78 is 39.1. The minimum atomic E-state index is -4.38. The zero-order valence-electron chi connectivity index (χ0n) is 16.3. The lowest BCUT2D eigenvalue weighted by Crippen LogP contribution is -2.42. The third-order valence-electron chi connectivity index (χ3n) is 5.31. The van der Waals surface area contributed by atoms with Crippen LogP contribution in [0.2, 0.25) is 0 Å². The van der Waals surface area contributed by atoms with Crippen LogP contribution in [0, 0.1) is 0 Å². The van der Waals surface area contributed by atoms with Gasteiger partial charge in [0.1, 0.15) is 5.82 Å². The van der Waals surface area contributed by atoms with Crippen LogP contribution in [-0.4, -0.2) is 47.8 Å². The number of piperidine rings is 1. The quantitative estimate of drug-likeness (QED) is 0.842. The lowest BCUT2D eigenvalue weighted by Gasteiger charge is -2.31. The number of hydrogen-bond donors (Lipinski definition) is 1. The Bertz CT molecular complexity index is 793. The average Bonchev–Trinajstić information content (AvgIpc) is 2.74. The average molecular weight is 406 g/mol. The summed E-state index contributed by atoms with van der Waals surface area (Å²) in [7, 11) is 0. The summed E-state index contributed by atoms with van der Waals surface area (Å²) in [5.41, 5.74) is 0.354. The van der Waals surface area contributed by atoms with Gasteiger partial charge >= 0.3 is 6.18 Å². The molecule has 156 valence electrons. The monoisotopic (exact) mass is 406 g/mol. The van der Waals surface area contributed by atoms with Crippen LogP contribution in [0.5, 0.6) is 0 Å². The molecule has 0 atom stereocenters. The van der Waals surface area contributed by atoms with Crippen molar-refractivity contribution in [1.29, 1.82) is 0 Å². The number of halogens is 3. The van der Waals surface area contributed by atoms with Gasteiger partial charge in [-0.2, -0.15) is 18.2 Å². The van der Waals surface area contributed by atoms with E-state index >= 15 is 0 Å². The summed E-state index contributed by atoms with van der Waals surface area (Å²) in [4.78, 5) is 17.9. The zero-order valence-corrected chi connectivity index (χ0v) is 16.3. The number of rotatable bonds is 4. The van der Waals surface area contributed by atoms with Gasteiger partial charge in [-0.1, -0.05) is 0 Å². The summed E-state index contributed by atoms with van der Waals surface area (Å²) >= 11 is 0. The van der Waals surface area contributed by atoms with Gasteiger partial charge in [0.05, 0.1) is 17.9 Å². The van der Waals surface area contributed by atoms with Crippen LogP contribution in [0.1, 0.15) is 42.6 Å². The Balaban J connectivity index is 1.64. The van der Waals surface area contributed by atoms with Gasteiger partial charge in [-0.05, 0) is 44.4 Å². The fourth-order valence-electron chi connectivity index (χ4n) is 3.78. The molecule has 4 rings (SSSR count). The first-order valence-electron chi connectivity index (χ1n) is 10.1. The Morgan fingerprint density at radius 1 is 0.931 bits per heavy atom. The first-order chi connectivity index (χ1) is 14.0. The number of anilines is 2. The molecule has 0 radical (unpaired) electrons. The lowest BCUT2D eigenvalue weighted by molar-refractivity contribution is -0.137. The van der Waals surface area contributed by atoms with E-state index in [4.69, 9.17) is 4.98 Å². The van der Waals surface area contributed by atoms with E-state index in [2.05, 4.69) is 25.1 Å². The maximum Gasteiger partial charge on any atom is 0.416 e. The second-order valence-corrected chi connectivity index (χ2v) is 7.55.